The number of nitrogens with one attached hydrogen (secondary N) is 1. The number of nitrogens with zero attached hydrogens (tertiary/aromatic N) is 1. The minimum absolute atomic E-state index is 0.873. The van der Waals surface area contributed by atoms with Crippen LogP contribution in [0.5, 0.6) is 0 Å². The predicted octanol–water partition coefficient (Wildman–Crippen LogP) is 3.77. The van der Waals surface area contributed by atoms with Crippen molar-refractivity contribution in [2.45, 2.75) is 39.3 Å². The van der Waals surface area contributed by atoms with Crippen LogP contribution in [0.4, 0.5) is 0 Å². The molecule has 0 amide bonds. The van der Waals surface area contributed by atoms with E-state index in [1.807, 2.05) is 13.1 Å². The van der Waals surface area contributed by atoms with Crippen molar-refractivity contribution in [3.63, 3.8) is 0 Å². The molecular formula is C18H26N2O. The smallest absolute Gasteiger partial charge is 0.134 e. The molecule has 1 aliphatic rings. The zero-order valence-corrected chi connectivity index (χ0v) is 13.2. The first kappa shape index (κ1) is 14.6. The first-order valence-corrected chi connectivity index (χ1v) is 8.18. The van der Waals surface area contributed by atoms with Gasteiger partial charge in [-0.15, -0.1) is 0 Å². The van der Waals surface area contributed by atoms with Crippen molar-refractivity contribution < 1.29 is 4.42 Å². The second-order valence-electron chi connectivity index (χ2n) is 6.16. The summed E-state index contributed by atoms with van der Waals surface area (Å²) in [5.41, 5.74) is 2.34. The van der Waals surface area contributed by atoms with E-state index in [9.17, 15) is 0 Å². The second kappa shape index (κ2) is 6.63. The zero-order chi connectivity index (χ0) is 14.7. The minimum Gasteiger partial charge on any atom is -0.459 e. The van der Waals surface area contributed by atoms with Gasteiger partial charge in [0.05, 0.1) is 6.54 Å². The van der Waals surface area contributed by atoms with Crippen LogP contribution in [0.2, 0.25) is 0 Å². The van der Waals surface area contributed by atoms with Gasteiger partial charge >= 0.3 is 0 Å². The van der Waals surface area contributed by atoms with E-state index in [-0.39, 0.29) is 0 Å². The Kier molecular flexibility index (Phi) is 4.61. The number of hydrogen-bond donors (Lipinski definition) is 1. The maximum absolute atomic E-state index is 6.13. The minimum atomic E-state index is 0.873. The van der Waals surface area contributed by atoms with Gasteiger partial charge in [-0.2, -0.15) is 0 Å². The standard InChI is InChI=1S/C18H26N2O/c1-3-14-8-10-20(11-9-14)13-18-16(12-19-2)15-6-4-5-7-17(15)21-18/h4-7,14,19H,3,8-13H2,1-2H3. The molecule has 1 aromatic heterocycles. The maximum atomic E-state index is 6.13. The molecule has 0 unspecified atom stereocenters. The number of para-hydroxylation sites is 1. The van der Waals surface area contributed by atoms with Crippen molar-refractivity contribution in [3.8, 4) is 0 Å². The van der Waals surface area contributed by atoms with Gasteiger partial charge in [0.15, 0.2) is 0 Å². The van der Waals surface area contributed by atoms with E-state index in [1.165, 1.54) is 43.3 Å². The summed E-state index contributed by atoms with van der Waals surface area (Å²) in [7, 11) is 2.00. The van der Waals surface area contributed by atoms with Crippen molar-refractivity contribution >= 4 is 11.0 Å². The van der Waals surface area contributed by atoms with Gasteiger partial charge in [0, 0.05) is 17.5 Å². The summed E-state index contributed by atoms with van der Waals surface area (Å²) in [5.74, 6) is 2.06. The molecule has 3 rings (SSSR count). The molecule has 1 aliphatic heterocycles. The summed E-state index contributed by atoms with van der Waals surface area (Å²) in [6.07, 6.45) is 3.99. The molecule has 2 aromatic rings. The highest BCUT2D eigenvalue weighted by molar-refractivity contribution is 5.82. The molecule has 3 nitrogen and oxygen atoms in total. The van der Waals surface area contributed by atoms with E-state index in [0.29, 0.717) is 0 Å². The quantitative estimate of drug-likeness (QED) is 0.907. The first-order valence-electron chi connectivity index (χ1n) is 8.18. The van der Waals surface area contributed by atoms with Crippen molar-refractivity contribution in [1.29, 1.82) is 0 Å². The van der Waals surface area contributed by atoms with Crippen LogP contribution in [0.1, 0.15) is 37.5 Å². The van der Waals surface area contributed by atoms with Gasteiger partial charge in [0.2, 0.25) is 0 Å². The topological polar surface area (TPSA) is 28.4 Å². The van der Waals surface area contributed by atoms with E-state index in [2.05, 4.69) is 35.3 Å². The average Bonchev–Trinajstić information content (AvgIpc) is 2.86. The van der Waals surface area contributed by atoms with Gasteiger partial charge in [-0.1, -0.05) is 31.5 Å². The van der Waals surface area contributed by atoms with Crippen LogP contribution in [0.25, 0.3) is 11.0 Å². The molecule has 21 heavy (non-hydrogen) atoms. The molecule has 2 heterocycles. The summed E-state index contributed by atoms with van der Waals surface area (Å²) < 4.78 is 6.13. The van der Waals surface area contributed by atoms with Gasteiger partial charge in [-0.05, 0) is 45.0 Å². The fourth-order valence-corrected chi connectivity index (χ4v) is 3.40. The molecule has 1 N–H and O–H groups in total. The van der Waals surface area contributed by atoms with Crippen molar-refractivity contribution in [2.75, 3.05) is 20.1 Å². The highest BCUT2D eigenvalue weighted by Gasteiger charge is 2.21. The van der Waals surface area contributed by atoms with Gasteiger partial charge in [0.25, 0.3) is 0 Å². The predicted molar refractivity (Wildman–Crippen MR) is 87.3 cm³/mol. The summed E-state index contributed by atoms with van der Waals surface area (Å²) in [6, 6.07) is 8.37. The summed E-state index contributed by atoms with van der Waals surface area (Å²) >= 11 is 0. The molecule has 114 valence electrons. The summed E-state index contributed by atoms with van der Waals surface area (Å²) in [6.45, 7) is 6.54. The normalized spacial score (nSPS) is 17.6. The number of hydrogen-bond acceptors (Lipinski definition) is 3. The molecule has 1 aromatic carbocycles. The third-order valence-electron chi connectivity index (χ3n) is 4.79. The molecule has 3 heteroatoms. The highest BCUT2D eigenvalue weighted by atomic mass is 16.3. The maximum Gasteiger partial charge on any atom is 0.134 e. The molecular weight excluding hydrogens is 260 g/mol. The Morgan fingerprint density at radius 1 is 1.24 bits per heavy atom. The monoisotopic (exact) mass is 286 g/mol. The lowest BCUT2D eigenvalue weighted by atomic mass is 9.94. The molecule has 0 bridgehead atoms. The van der Waals surface area contributed by atoms with E-state index in [4.69, 9.17) is 4.42 Å². The van der Waals surface area contributed by atoms with E-state index >= 15 is 0 Å². The molecule has 0 radical (unpaired) electrons. The molecule has 0 saturated carbocycles. The summed E-state index contributed by atoms with van der Waals surface area (Å²) in [5, 5.41) is 4.53. The largest absolute Gasteiger partial charge is 0.459 e. The Bertz CT molecular complexity index is 582. The van der Waals surface area contributed by atoms with E-state index < -0.39 is 0 Å². The third kappa shape index (κ3) is 3.14. The number of benzene rings is 1. The fourth-order valence-electron chi connectivity index (χ4n) is 3.40. The fraction of sp³-hybridized carbons (Fsp3) is 0.556. The van der Waals surface area contributed by atoms with Crippen LogP contribution in [0.3, 0.4) is 0 Å². The van der Waals surface area contributed by atoms with Crippen LogP contribution in [0.15, 0.2) is 28.7 Å². The molecule has 0 spiro atoms. The van der Waals surface area contributed by atoms with Gasteiger partial charge in [-0.3, -0.25) is 4.90 Å². The number of furan rings is 1. The van der Waals surface area contributed by atoms with Crippen molar-refractivity contribution in [2.24, 2.45) is 5.92 Å². The highest BCUT2D eigenvalue weighted by Crippen LogP contribution is 2.28. The van der Waals surface area contributed by atoms with Crippen molar-refractivity contribution in [1.82, 2.24) is 10.2 Å². The lowest BCUT2D eigenvalue weighted by molar-refractivity contribution is 0.165. The first-order chi connectivity index (χ1) is 10.3. The van der Waals surface area contributed by atoms with Gasteiger partial charge < -0.3 is 9.73 Å². The van der Waals surface area contributed by atoms with Crippen LogP contribution >= 0.6 is 0 Å². The number of piperidine rings is 1. The SMILES string of the molecule is CCC1CCN(Cc2oc3ccccc3c2CNC)CC1. The second-order valence-corrected chi connectivity index (χ2v) is 6.16. The Labute approximate surface area is 127 Å². The average molecular weight is 286 g/mol. The van der Waals surface area contributed by atoms with Crippen LogP contribution in [-0.4, -0.2) is 25.0 Å². The van der Waals surface area contributed by atoms with Gasteiger partial charge in [0.1, 0.15) is 11.3 Å². The lowest BCUT2D eigenvalue weighted by Gasteiger charge is -2.31. The summed E-state index contributed by atoms with van der Waals surface area (Å²) in [4.78, 5) is 2.54. The van der Waals surface area contributed by atoms with E-state index in [1.54, 1.807) is 0 Å². The van der Waals surface area contributed by atoms with Gasteiger partial charge in [-0.25, -0.2) is 0 Å². The number of fused-ring (bicyclic) bond motifs is 1. The molecule has 1 fully saturated rings. The number of rotatable bonds is 5. The Morgan fingerprint density at radius 3 is 2.71 bits per heavy atom. The van der Waals surface area contributed by atoms with Crippen LogP contribution in [-0.2, 0) is 13.1 Å². The Balaban J connectivity index is 1.78. The van der Waals surface area contributed by atoms with Crippen molar-refractivity contribution in [3.05, 3.63) is 35.6 Å². The Morgan fingerprint density at radius 2 is 2.00 bits per heavy atom. The third-order valence-corrected chi connectivity index (χ3v) is 4.79. The molecule has 0 aliphatic carbocycles. The number of likely N-dealkylation sites (tertiary alicyclic amines) is 1. The Hall–Kier alpha value is -1.32. The molecule has 1 saturated heterocycles. The van der Waals surface area contributed by atoms with Crippen LogP contribution in [0, 0.1) is 5.92 Å². The van der Waals surface area contributed by atoms with E-state index in [0.717, 1.165) is 30.4 Å². The van der Waals surface area contributed by atoms with Crippen LogP contribution < -0.4 is 5.32 Å². The lowest BCUT2D eigenvalue weighted by Crippen LogP contribution is -2.33. The molecule has 0 atom stereocenters. The zero-order valence-electron chi connectivity index (χ0n) is 13.2.